The van der Waals surface area contributed by atoms with E-state index in [4.69, 9.17) is 5.73 Å². The van der Waals surface area contributed by atoms with Crippen LogP contribution in [0.15, 0.2) is 30.9 Å². The molecule has 1 rings (SSSR count). The summed E-state index contributed by atoms with van der Waals surface area (Å²) in [7, 11) is 0. The number of hydrogen-bond acceptors (Lipinski definition) is 1. The second-order valence-corrected chi connectivity index (χ2v) is 2.80. The first-order valence-electron chi connectivity index (χ1n) is 3.96. The predicted octanol–water partition coefficient (Wildman–Crippen LogP) is 2.54. The fourth-order valence-electron chi connectivity index (χ4n) is 1.11. The van der Waals surface area contributed by atoms with Gasteiger partial charge in [0.15, 0.2) is 0 Å². The van der Waals surface area contributed by atoms with E-state index in [2.05, 4.69) is 6.58 Å². The molecule has 2 N–H and O–H groups in total. The van der Waals surface area contributed by atoms with Gasteiger partial charge < -0.3 is 5.73 Å². The number of nitrogens with two attached hydrogens (primary N) is 1. The zero-order valence-electron chi connectivity index (χ0n) is 7.13. The first kappa shape index (κ1) is 9.86. The van der Waals surface area contributed by atoms with Crippen LogP contribution in [0, 0.1) is 11.6 Å². The monoisotopic (exact) mass is 183 g/mol. The molecule has 0 aliphatic heterocycles. The zero-order valence-corrected chi connectivity index (χ0v) is 7.13. The van der Waals surface area contributed by atoms with E-state index in [1.807, 2.05) is 0 Å². The van der Waals surface area contributed by atoms with Crippen molar-refractivity contribution >= 4 is 0 Å². The Morgan fingerprint density at radius 1 is 1.46 bits per heavy atom. The summed E-state index contributed by atoms with van der Waals surface area (Å²) in [6, 6.07) is 2.74. The molecule has 0 unspecified atom stereocenters. The van der Waals surface area contributed by atoms with Gasteiger partial charge in [-0.2, -0.15) is 0 Å². The van der Waals surface area contributed by atoms with Gasteiger partial charge in [-0.15, -0.1) is 6.58 Å². The van der Waals surface area contributed by atoms with Gasteiger partial charge in [0.1, 0.15) is 11.6 Å². The van der Waals surface area contributed by atoms with E-state index in [1.165, 1.54) is 0 Å². The largest absolute Gasteiger partial charge is 0.324 e. The molecule has 0 saturated heterocycles. The van der Waals surface area contributed by atoms with Gasteiger partial charge in [0.25, 0.3) is 0 Å². The number of benzene rings is 1. The average Bonchev–Trinajstić information content (AvgIpc) is 2.09. The molecule has 1 aromatic carbocycles. The van der Waals surface area contributed by atoms with E-state index in [0.717, 1.165) is 18.2 Å². The van der Waals surface area contributed by atoms with Gasteiger partial charge >= 0.3 is 0 Å². The van der Waals surface area contributed by atoms with Crippen molar-refractivity contribution in [1.29, 1.82) is 0 Å². The van der Waals surface area contributed by atoms with Crippen LogP contribution in [0.1, 0.15) is 18.0 Å². The third-order valence-corrected chi connectivity index (χ3v) is 1.78. The maximum absolute atomic E-state index is 13.1. The fourth-order valence-corrected chi connectivity index (χ4v) is 1.11. The molecule has 0 heterocycles. The molecular formula is C10H11F2N. The van der Waals surface area contributed by atoms with Crippen LogP contribution in [0.2, 0.25) is 0 Å². The van der Waals surface area contributed by atoms with Gasteiger partial charge in [0.05, 0.1) is 0 Å². The van der Waals surface area contributed by atoms with E-state index in [0.29, 0.717) is 6.42 Å². The highest BCUT2D eigenvalue weighted by molar-refractivity contribution is 5.22. The van der Waals surface area contributed by atoms with Crippen molar-refractivity contribution in [2.24, 2.45) is 5.73 Å². The number of halogens is 2. The standard InChI is InChI=1S/C10H11F2N/c1-2-3-10(13)8-6-7(11)4-5-9(8)12/h2,4-6,10H,1,3,13H2/t10-/m0/s1. The van der Waals surface area contributed by atoms with Gasteiger partial charge in [0, 0.05) is 11.6 Å². The molecule has 0 amide bonds. The third-order valence-electron chi connectivity index (χ3n) is 1.78. The summed E-state index contributed by atoms with van der Waals surface area (Å²) in [6.45, 7) is 3.48. The molecule has 3 heteroatoms. The Morgan fingerprint density at radius 2 is 2.15 bits per heavy atom. The van der Waals surface area contributed by atoms with E-state index < -0.39 is 17.7 Å². The molecular weight excluding hydrogens is 172 g/mol. The van der Waals surface area contributed by atoms with E-state index in [1.54, 1.807) is 6.08 Å². The molecule has 0 radical (unpaired) electrons. The van der Waals surface area contributed by atoms with Crippen LogP contribution >= 0.6 is 0 Å². The zero-order chi connectivity index (χ0) is 9.84. The Hall–Kier alpha value is -1.22. The third kappa shape index (κ3) is 2.36. The van der Waals surface area contributed by atoms with Gasteiger partial charge in [0.2, 0.25) is 0 Å². The molecule has 70 valence electrons. The van der Waals surface area contributed by atoms with Crippen LogP contribution in [0.3, 0.4) is 0 Å². The van der Waals surface area contributed by atoms with Crippen molar-refractivity contribution in [3.8, 4) is 0 Å². The second-order valence-electron chi connectivity index (χ2n) is 2.80. The highest BCUT2D eigenvalue weighted by Gasteiger charge is 2.10. The molecule has 0 saturated carbocycles. The van der Waals surface area contributed by atoms with Gasteiger partial charge in [-0.3, -0.25) is 0 Å². The summed E-state index contributed by atoms with van der Waals surface area (Å²) in [5.41, 5.74) is 5.79. The summed E-state index contributed by atoms with van der Waals surface area (Å²) in [6.07, 6.45) is 2.01. The van der Waals surface area contributed by atoms with Crippen molar-refractivity contribution in [3.05, 3.63) is 48.1 Å². The van der Waals surface area contributed by atoms with E-state index >= 15 is 0 Å². The summed E-state index contributed by atoms with van der Waals surface area (Å²) in [4.78, 5) is 0. The maximum atomic E-state index is 13.1. The molecule has 1 nitrogen and oxygen atoms in total. The van der Waals surface area contributed by atoms with E-state index in [-0.39, 0.29) is 5.56 Å². The number of hydrogen-bond donors (Lipinski definition) is 1. The van der Waals surface area contributed by atoms with Crippen molar-refractivity contribution < 1.29 is 8.78 Å². The number of rotatable bonds is 3. The molecule has 13 heavy (non-hydrogen) atoms. The van der Waals surface area contributed by atoms with Crippen molar-refractivity contribution in [2.45, 2.75) is 12.5 Å². The molecule has 0 fully saturated rings. The molecule has 0 aromatic heterocycles. The lowest BCUT2D eigenvalue weighted by Gasteiger charge is -2.10. The Morgan fingerprint density at radius 3 is 2.77 bits per heavy atom. The molecule has 0 bridgehead atoms. The minimum atomic E-state index is -0.520. The van der Waals surface area contributed by atoms with Crippen molar-refractivity contribution in [3.63, 3.8) is 0 Å². The SMILES string of the molecule is C=CC[C@H](N)c1cc(F)ccc1F. The Kier molecular flexibility index (Phi) is 3.14. The van der Waals surface area contributed by atoms with Crippen LogP contribution in [-0.4, -0.2) is 0 Å². The molecule has 1 aromatic rings. The smallest absolute Gasteiger partial charge is 0.128 e. The van der Waals surface area contributed by atoms with Crippen LogP contribution in [0.25, 0.3) is 0 Å². The Bertz CT molecular complexity index is 310. The minimum Gasteiger partial charge on any atom is -0.324 e. The van der Waals surface area contributed by atoms with Gasteiger partial charge in [-0.1, -0.05) is 6.08 Å². The quantitative estimate of drug-likeness (QED) is 0.716. The first-order valence-corrected chi connectivity index (χ1v) is 3.96. The highest BCUT2D eigenvalue weighted by atomic mass is 19.1. The second kappa shape index (κ2) is 4.14. The topological polar surface area (TPSA) is 26.0 Å². The maximum Gasteiger partial charge on any atom is 0.128 e. The van der Waals surface area contributed by atoms with Crippen molar-refractivity contribution in [1.82, 2.24) is 0 Å². The molecule has 0 aliphatic carbocycles. The Labute approximate surface area is 75.9 Å². The lowest BCUT2D eigenvalue weighted by atomic mass is 10.0. The fraction of sp³-hybridized carbons (Fsp3) is 0.200. The lowest BCUT2D eigenvalue weighted by molar-refractivity contribution is 0.563. The van der Waals surface area contributed by atoms with Crippen LogP contribution < -0.4 is 5.73 Å². The molecule has 1 atom stereocenters. The summed E-state index contributed by atoms with van der Waals surface area (Å²) < 4.78 is 25.8. The first-order chi connectivity index (χ1) is 6.15. The lowest BCUT2D eigenvalue weighted by Crippen LogP contribution is -2.11. The average molecular weight is 183 g/mol. The summed E-state index contributed by atoms with van der Waals surface area (Å²) in [5, 5.41) is 0. The van der Waals surface area contributed by atoms with Gasteiger partial charge in [-0.25, -0.2) is 8.78 Å². The summed E-state index contributed by atoms with van der Waals surface area (Å²) in [5.74, 6) is -0.952. The summed E-state index contributed by atoms with van der Waals surface area (Å²) >= 11 is 0. The van der Waals surface area contributed by atoms with Crippen LogP contribution in [0.5, 0.6) is 0 Å². The normalized spacial score (nSPS) is 12.5. The highest BCUT2D eigenvalue weighted by Crippen LogP contribution is 2.18. The van der Waals surface area contributed by atoms with Crippen LogP contribution in [0.4, 0.5) is 8.78 Å². The predicted molar refractivity (Wildman–Crippen MR) is 48.1 cm³/mol. The minimum absolute atomic E-state index is 0.194. The van der Waals surface area contributed by atoms with Gasteiger partial charge in [-0.05, 0) is 24.6 Å². The molecule has 0 aliphatic rings. The molecule has 0 spiro atoms. The van der Waals surface area contributed by atoms with E-state index in [9.17, 15) is 8.78 Å². The van der Waals surface area contributed by atoms with Crippen molar-refractivity contribution in [2.75, 3.05) is 0 Å². The Balaban J connectivity index is 2.97. The van der Waals surface area contributed by atoms with Crippen LogP contribution in [-0.2, 0) is 0 Å².